The summed E-state index contributed by atoms with van der Waals surface area (Å²) in [5, 5.41) is 0.278. The molecule has 0 unspecified atom stereocenters. The summed E-state index contributed by atoms with van der Waals surface area (Å²) in [6, 6.07) is 11.9. The topological polar surface area (TPSA) is 80.8 Å². The largest absolute Gasteiger partial charge is 0.318 e. The fourth-order valence-corrected chi connectivity index (χ4v) is 2.97. The minimum Gasteiger partial charge on any atom is -0.266 e. The molecule has 2 amide bonds. The molecule has 22 heavy (non-hydrogen) atoms. The Balaban J connectivity index is 1.93. The molecule has 0 spiro atoms. The Morgan fingerprint density at radius 2 is 1.36 bits per heavy atom. The molecular weight excluding hydrogens is 306 g/mol. The quantitative estimate of drug-likeness (QED) is 0.808. The molecule has 7 heteroatoms. The molecule has 1 heterocycles. The van der Waals surface area contributed by atoms with E-state index in [0.717, 1.165) is 5.56 Å². The van der Waals surface area contributed by atoms with Gasteiger partial charge < -0.3 is 0 Å². The normalized spacial score (nSPS) is 14.3. The van der Waals surface area contributed by atoms with Crippen LogP contribution in [0.3, 0.4) is 0 Å². The first-order valence-corrected chi connectivity index (χ1v) is 7.80. The van der Waals surface area contributed by atoms with Crippen molar-refractivity contribution in [3.8, 4) is 0 Å². The maximum Gasteiger partial charge on any atom is 0.318 e. The van der Waals surface area contributed by atoms with Crippen molar-refractivity contribution >= 4 is 21.9 Å². The number of hydrogen-bond donors (Lipinski definition) is 0. The number of aryl methyl sites for hydroxylation is 1. The fraction of sp³-hybridized carbons (Fsp3) is 0.0667. The van der Waals surface area contributed by atoms with Crippen molar-refractivity contribution in [3.05, 3.63) is 65.2 Å². The van der Waals surface area contributed by atoms with E-state index in [1.807, 2.05) is 0 Å². The van der Waals surface area contributed by atoms with Crippen molar-refractivity contribution < 1.29 is 22.3 Å². The van der Waals surface area contributed by atoms with Crippen molar-refractivity contribution in [2.45, 2.75) is 11.8 Å². The van der Waals surface area contributed by atoms with Gasteiger partial charge in [-0.15, -0.1) is 9.35 Å². The van der Waals surface area contributed by atoms with Crippen LogP contribution >= 0.6 is 0 Å². The van der Waals surface area contributed by atoms with Gasteiger partial charge in [-0.3, -0.25) is 9.59 Å². The number of imide groups is 1. The highest BCUT2D eigenvalue weighted by Gasteiger charge is 2.39. The van der Waals surface area contributed by atoms with Crippen molar-refractivity contribution in [1.29, 1.82) is 0 Å². The Kier molecular flexibility index (Phi) is 3.31. The molecule has 6 nitrogen and oxygen atoms in total. The van der Waals surface area contributed by atoms with Crippen LogP contribution in [0.1, 0.15) is 26.3 Å². The molecule has 1 aliphatic heterocycles. The number of rotatable bonds is 3. The molecule has 0 saturated carbocycles. The van der Waals surface area contributed by atoms with Gasteiger partial charge in [-0.25, -0.2) is 0 Å². The number of amides is 2. The molecule has 0 fully saturated rings. The van der Waals surface area contributed by atoms with Gasteiger partial charge in [0.05, 0.1) is 16.0 Å². The van der Waals surface area contributed by atoms with E-state index in [4.69, 9.17) is 4.28 Å². The Labute approximate surface area is 127 Å². The second kappa shape index (κ2) is 5.04. The van der Waals surface area contributed by atoms with E-state index in [1.54, 1.807) is 31.2 Å². The summed E-state index contributed by atoms with van der Waals surface area (Å²) in [6.45, 7) is 1.81. The van der Waals surface area contributed by atoms with Crippen LogP contribution in [-0.2, 0) is 14.4 Å². The van der Waals surface area contributed by atoms with Crippen LogP contribution in [0.25, 0.3) is 0 Å². The molecule has 1 aliphatic rings. The van der Waals surface area contributed by atoms with Gasteiger partial charge in [-0.05, 0) is 31.2 Å². The van der Waals surface area contributed by atoms with E-state index >= 15 is 0 Å². The Morgan fingerprint density at radius 1 is 0.864 bits per heavy atom. The molecule has 0 N–H and O–H groups in total. The van der Waals surface area contributed by atoms with Crippen molar-refractivity contribution in [2.75, 3.05) is 0 Å². The van der Waals surface area contributed by atoms with Crippen LogP contribution < -0.4 is 0 Å². The predicted octanol–water partition coefficient (Wildman–Crippen LogP) is 1.91. The molecule has 112 valence electrons. The van der Waals surface area contributed by atoms with Gasteiger partial charge in [0.25, 0.3) is 11.8 Å². The highest BCUT2D eigenvalue weighted by atomic mass is 32.2. The van der Waals surface area contributed by atoms with E-state index in [9.17, 15) is 18.0 Å². The number of benzene rings is 2. The summed E-state index contributed by atoms with van der Waals surface area (Å²) in [5.74, 6) is -1.59. The number of carbonyl (C=O) groups is 2. The molecule has 0 bridgehead atoms. The summed E-state index contributed by atoms with van der Waals surface area (Å²) >= 11 is 0. The number of hydrogen-bond acceptors (Lipinski definition) is 5. The van der Waals surface area contributed by atoms with E-state index in [2.05, 4.69) is 0 Å². The van der Waals surface area contributed by atoms with Crippen LogP contribution in [0.4, 0.5) is 0 Å². The fourth-order valence-electron chi connectivity index (χ4n) is 2.08. The maximum absolute atomic E-state index is 12.2. The van der Waals surface area contributed by atoms with Crippen LogP contribution in [0.5, 0.6) is 0 Å². The number of carbonyl (C=O) groups excluding carboxylic acids is 2. The van der Waals surface area contributed by atoms with Crippen molar-refractivity contribution in [1.82, 2.24) is 5.06 Å². The van der Waals surface area contributed by atoms with Crippen LogP contribution in [0, 0.1) is 6.92 Å². The molecule has 2 aromatic carbocycles. The lowest BCUT2D eigenvalue weighted by atomic mass is 10.1. The zero-order chi connectivity index (χ0) is 15.9. The zero-order valence-electron chi connectivity index (χ0n) is 11.5. The smallest absolute Gasteiger partial charge is 0.266 e. The third kappa shape index (κ3) is 2.30. The third-order valence-electron chi connectivity index (χ3n) is 3.24. The van der Waals surface area contributed by atoms with Gasteiger partial charge in [-0.2, -0.15) is 8.42 Å². The Bertz CT molecular complexity index is 836. The minimum absolute atomic E-state index is 0.117. The summed E-state index contributed by atoms with van der Waals surface area (Å²) < 4.78 is 29.1. The lowest BCUT2D eigenvalue weighted by molar-refractivity contribution is -0.0103. The highest BCUT2D eigenvalue weighted by molar-refractivity contribution is 7.86. The molecule has 3 rings (SSSR count). The minimum atomic E-state index is -4.26. The number of nitrogens with zero attached hydrogens (tertiary/aromatic N) is 1. The lowest BCUT2D eigenvalue weighted by Crippen LogP contribution is -2.32. The van der Waals surface area contributed by atoms with Crippen LogP contribution in [0.2, 0.25) is 0 Å². The molecule has 0 saturated heterocycles. The first kappa shape index (κ1) is 14.4. The molecule has 2 aromatic rings. The zero-order valence-corrected chi connectivity index (χ0v) is 12.3. The monoisotopic (exact) mass is 317 g/mol. The van der Waals surface area contributed by atoms with Gasteiger partial charge in [0, 0.05) is 0 Å². The van der Waals surface area contributed by atoms with Crippen LogP contribution in [0.15, 0.2) is 53.4 Å². The van der Waals surface area contributed by atoms with E-state index in [-0.39, 0.29) is 21.1 Å². The van der Waals surface area contributed by atoms with Crippen LogP contribution in [-0.4, -0.2) is 25.3 Å². The summed E-state index contributed by atoms with van der Waals surface area (Å²) in [7, 11) is -4.26. The second-order valence-electron chi connectivity index (χ2n) is 4.79. The van der Waals surface area contributed by atoms with E-state index in [1.165, 1.54) is 24.3 Å². The Morgan fingerprint density at radius 3 is 1.86 bits per heavy atom. The van der Waals surface area contributed by atoms with Crippen molar-refractivity contribution in [3.63, 3.8) is 0 Å². The molecule has 0 atom stereocenters. The van der Waals surface area contributed by atoms with Crippen molar-refractivity contribution in [2.24, 2.45) is 0 Å². The standard InChI is InChI=1S/C15H11NO5S/c1-10-6-8-11(9-7-10)22(19,20)21-16-14(17)12-4-2-3-5-13(12)15(16)18/h2-9H,1H3. The van der Waals surface area contributed by atoms with Gasteiger partial charge in [0.2, 0.25) is 0 Å². The second-order valence-corrected chi connectivity index (χ2v) is 6.32. The highest BCUT2D eigenvalue weighted by Crippen LogP contribution is 2.25. The molecular formula is C15H11NO5S. The van der Waals surface area contributed by atoms with Gasteiger partial charge in [0.1, 0.15) is 0 Å². The maximum atomic E-state index is 12.2. The first-order valence-electron chi connectivity index (χ1n) is 6.39. The third-order valence-corrected chi connectivity index (χ3v) is 4.43. The lowest BCUT2D eigenvalue weighted by Gasteiger charge is -2.13. The number of fused-ring (bicyclic) bond motifs is 1. The SMILES string of the molecule is Cc1ccc(S(=O)(=O)ON2C(=O)c3ccccc3C2=O)cc1. The average Bonchev–Trinajstić information content (AvgIpc) is 2.73. The summed E-state index contributed by atoms with van der Waals surface area (Å²) in [6.07, 6.45) is 0. The van der Waals surface area contributed by atoms with E-state index in [0.29, 0.717) is 0 Å². The van der Waals surface area contributed by atoms with Gasteiger partial charge >= 0.3 is 10.1 Å². The average molecular weight is 317 g/mol. The van der Waals surface area contributed by atoms with Gasteiger partial charge in [-0.1, -0.05) is 29.8 Å². The first-order chi connectivity index (χ1) is 10.4. The molecule has 0 aromatic heterocycles. The van der Waals surface area contributed by atoms with E-state index < -0.39 is 21.9 Å². The Hall–Kier alpha value is -2.51. The summed E-state index contributed by atoms with van der Waals surface area (Å²) in [5.41, 5.74) is 1.11. The van der Waals surface area contributed by atoms with Gasteiger partial charge in [0.15, 0.2) is 0 Å². The summed E-state index contributed by atoms with van der Waals surface area (Å²) in [4.78, 5) is 24.0. The number of hydroxylamine groups is 2. The molecule has 0 aliphatic carbocycles. The predicted molar refractivity (Wildman–Crippen MR) is 76.4 cm³/mol. The molecule has 0 radical (unpaired) electrons.